The molecule has 2 aromatic carbocycles. The van der Waals surface area contributed by atoms with E-state index in [4.69, 9.17) is 20.8 Å². The van der Waals surface area contributed by atoms with Crippen LogP contribution >= 0.6 is 11.6 Å². The van der Waals surface area contributed by atoms with Crippen molar-refractivity contribution in [3.63, 3.8) is 0 Å². The molecule has 5 nitrogen and oxygen atoms in total. The molecule has 0 fully saturated rings. The molecule has 9 heteroatoms. The van der Waals surface area contributed by atoms with E-state index in [1.54, 1.807) is 19.1 Å². The summed E-state index contributed by atoms with van der Waals surface area (Å²) in [5.41, 5.74) is 1.20. The third-order valence-corrected chi connectivity index (χ3v) is 5.60. The minimum atomic E-state index is -4.56. The SMILES string of the molecule is Cc1c(OCC(=O)Nc2cc(C(F)(F)F)ccc2Cl)ccc2c3c(c(=O)oc12)CCC3. The van der Waals surface area contributed by atoms with Gasteiger partial charge in [-0.3, -0.25) is 4.79 Å². The lowest BCUT2D eigenvalue weighted by Crippen LogP contribution is -2.21. The van der Waals surface area contributed by atoms with Gasteiger partial charge in [-0.25, -0.2) is 4.79 Å². The molecule has 1 aliphatic rings. The van der Waals surface area contributed by atoms with E-state index in [0.717, 1.165) is 42.0 Å². The third-order valence-electron chi connectivity index (χ3n) is 5.27. The highest BCUT2D eigenvalue weighted by atomic mass is 35.5. The molecule has 0 saturated carbocycles. The Bertz CT molecular complexity index is 1250. The summed E-state index contributed by atoms with van der Waals surface area (Å²) in [6.45, 7) is 1.25. The van der Waals surface area contributed by atoms with E-state index in [-0.39, 0.29) is 16.3 Å². The lowest BCUT2D eigenvalue weighted by Gasteiger charge is -2.14. The molecule has 1 N–H and O–H groups in total. The number of nitrogens with one attached hydrogen (secondary N) is 1. The Hall–Kier alpha value is -3.00. The van der Waals surface area contributed by atoms with Gasteiger partial charge < -0.3 is 14.5 Å². The van der Waals surface area contributed by atoms with Gasteiger partial charge in [-0.1, -0.05) is 11.6 Å². The normalized spacial score (nSPS) is 13.3. The Balaban J connectivity index is 1.52. The van der Waals surface area contributed by atoms with Crippen molar-refractivity contribution in [1.29, 1.82) is 0 Å². The number of hydrogen-bond donors (Lipinski definition) is 1. The van der Waals surface area contributed by atoms with Crippen molar-refractivity contribution in [2.24, 2.45) is 0 Å². The minimum Gasteiger partial charge on any atom is -0.483 e. The average Bonchev–Trinajstić information content (AvgIpc) is 3.20. The van der Waals surface area contributed by atoms with Crippen LogP contribution in [0.15, 0.2) is 39.5 Å². The molecule has 0 unspecified atom stereocenters. The monoisotopic (exact) mass is 451 g/mol. The summed E-state index contributed by atoms with van der Waals surface area (Å²) in [6.07, 6.45) is -2.16. The van der Waals surface area contributed by atoms with Gasteiger partial charge in [-0.2, -0.15) is 13.2 Å². The van der Waals surface area contributed by atoms with Crippen LogP contribution in [0.3, 0.4) is 0 Å². The van der Waals surface area contributed by atoms with Gasteiger partial charge in [0.15, 0.2) is 6.61 Å². The molecule has 1 amide bonds. The summed E-state index contributed by atoms with van der Waals surface area (Å²) < 4.78 is 49.6. The van der Waals surface area contributed by atoms with Gasteiger partial charge in [-0.15, -0.1) is 0 Å². The molecule has 0 radical (unpaired) electrons. The molecule has 1 heterocycles. The Kier molecular flexibility index (Phi) is 5.43. The molecule has 0 spiro atoms. The summed E-state index contributed by atoms with van der Waals surface area (Å²) in [7, 11) is 0. The van der Waals surface area contributed by atoms with Crippen LogP contribution in [0.4, 0.5) is 18.9 Å². The number of alkyl halides is 3. The van der Waals surface area contributed by atoms with Gasteiger partial charge in [0.25, 0.3) is 5.91 Å². The number of amides is 1. The summed E-state index contributed by atoms with van der Waals surface area (Å²) >= 11 is 5.89. The fourth-order valence-corrected chi connectivity index (χ4v) is 3.91. The number of anilines is 1. The van der Waals surface area contributed by atoms with Crippen LogP contribution in [-0.4, -0.2) is 12.5 Å². The minimum absolute atomic E-state index is 0.0288. The maximum absolute atomic E-state index is 12.9. The van der Waals surface area contributed by atoms with Crippen LogP contribution < -0.4 is 15.7 Å². The molecule has 31 heavy (non-hydrogen) atoms. The summed E-state index contributed by atoms with van der Waals surface area (Å²) in [4.78, 5) is 24.5. The van der Waals surface area contributed by atoms with Crippen LogP contribution in [0.5, 0.6) is 5.75 Å². The molecule has 0 bridgehead atoms. The Labute approximate surface area is 179 Å². The van der Waals surface area contributed by atoms with Gasteiger partial charge in [0.1, 0.15) is 11.3 Å². The molecule has 3 aromatic rings. The standard InChI is InChI=1S/C22H17ClF3NO4/c1-11-18(8-6-14-13-3-2-4-15(13)21(29)31-20(11)14)30-10-19(28)27-17-9-12(22(24,25)26)5-7-16(17)23/h5-9H,2-4,10H2,1H3,(H,27,28). The largest absolute Gasteiger partial charge is 0.483 e. The first-order valence-corrected chi connectivity index (χ1v) is 9.90. The number of hydrogen-bond acceptors (Lipinski definition) is 4. The second-order valence-electron chi connectivity index (χ2n) is 7.29. The number of ether oxygens (including phenoxy) is 1. The predicted octanol–water partition coefficient (Wildman–Crippen LogP) is 5.28. The zero-order chi connectivity index (χ0) is 22.3. The molecule has 162 valence electrons. The van der Waals surface area contributed by atoms with Crippen molar-refractivity contribution in [3.8, 4) is 5.75 Å². The van der Waals surface area contributed by atoms with Crippen molar-refractivity contribution in [1.82, 2.24) is 0 Å². The fourth-order valence-electron chi connectivity index (χ4n) is 3.75. The first-order valence-electron chi connectivity index (χ1n) is 9.52. The van der Waals surface area contributed by atoms with E-state index in [2.05, 4.69) is 5.32 Å². The number of carbonyl (C=O) groups is 1. The van der Waals surface area contributed by atoms with Crippen molar-refractivity contribution in [2.45, 2.75) is 32.4 Å². The van der Waals surface area contributed by atoms with Crippen molar-refractivity contribution >= 4 is 34.2 Å². The number of carbonyl (C=O) groups excluding carboxylic acids is 1. The summed E-state index contributed by atoms with van der Waals surface area (Å²) in [6, 6.07) is 6.12. The van der Waals surface area contributed by atoms with Gasteiger partial charge in [0.2, 0.25) is 0 Å². The molecule has 1 aliphatic carbocycles. The van der Waals surface area contributed by atoms with Crippen molar-refractivity contribution in [2.75, 3.05) is 11.9 Å². The summed E-state index contributed by atoms with van der Waals surface area (Å²) in [5.74, 6) is -0.352. The number of halogens is 4. The number of benzene rings is 2. The lowest BCUT2D eigenvalue weighted by atomic mass is 10.0. The van der Waals surface area contributed by atoms with Crippen LogP contribution in [0.1, 0.15) is 28.7 Å². The Morgan fingerprint density at radius 1 is 1.19 bits per heavy atom. The third kappa shape index (κ3) is 4.12. The fraction of sp³-hybridized carbons (Fsp3) is 0.273. The van der Waals surface area contributed by atoms with E-state index >= 15 is 0 Å². The number of aryl methyl sites for hydroxylation is 2. The zero-order valence-electron chi connectivity index (χ0n) is 16.4. The second-order valence-corrected chi connectivity index (χ2v) is 7.70. The first-order chi connectivity index (χ1) is 14.6. The highest BCUT2D eigenvalue weighted by Gasteiger charge is 2.31. The molecule has 0 aliphatic heterocycles. The average molecular weight is 452 g/mol. The molecular formula is C22H17ClF3NO4. The second kappa shape index (κ2) is 7.92. The molecular weight excluding hydrogens is 435 g/mol. The maximum Gasteiger partial charge on any atom is 0.416 e. The van der Waals surface area contributed by atoms with E-state index in [1.807, 2.05) is 0 Å². The smallest absolute Gasteiger partial charge is 0.416 e. The van der Waals surface area contributed by atoms with Crippen molar-refractivity contribution < 1.29 is 27.1 Å². The summed E-state index contributed by atoms with van der Waals surface area (Å²) in [5, 5.41) is 3.14. The Morgan fingerprint density at radius 3 is 2.68 bits per heavy atom. The van der Waals surface area contributed by atoms with E-state index in [0.29, 0.717) is 28.9 Å². The van der Waals surface area contributed by atoms with Crippen LogP contribution in [0.25, 0.3) is 11.0 Å². The number of fused-ring (bicyclic) bond motifs is 3. The van der Waals surface area contributed by atoms with Gasteiger partial charge >= 0.3 is 11.8 Å². The highest BCUT2D eigenvalue weighted by Crippen LogP contribution is 2.35. The predicted molar refractivity (Wildman–Crippen MR) is 110 cm³/mol. The van der Waals surface area contributed by atoms with Crippen LogP contribution in [0, 0.1) is 6.92 Å². The molecule has 1 aromatic heterocycles. The highest BCUT2D eigenvalue weighted by molar-refractivity contribution is 6.33. The maximum atomic E-state index is 12.9. The number of rotatable bonds is 4. The topological polar surface area (TPSA) is 68.5 Å². The van der Waals surface area contributed by atoms with E-state index in [9.17, 15) is 22.8 Å². The van der Waals surface area contributed by atoms with Gasteiger partial charge in [-0.05, 0) is 62.1 Å². The Morgan fingerprint density at radius 2 is 1.94 bits per heavy atom. The quantitative estimate of drug-likeness (QED) is 0.548. The molecule has 0 atom stereocenters. The van der Waals surface area contributed by atoms with Crippen molar-refractivity contribution in [3.05, 3.63) is 68.0 Å². The van der Waals surface area contributed by atoms with Gasteiger partial charge in [0, 0.05) is 16.5 Å². The molecule has 0 saturated heterocycles. The van der Waals surface area contributed by atoms with Gasteiger partial charge in [0.05, 0.1) is 16.3 Å². The zero-order valence-corrected chi connectivity index (χ0v) is 17.1. The van der Waals surface area contributed by atoms with E-state index < -0.39 is 24.3 Å². The van der Waals surface area contributed by atoms with Crippen LogP contribution in [0.2, 0.25) is 5.02 Å². The first kappa shape index (κ1) is 21.2. The van der Waals surface area contributed by atoms with Crippen LogP contribution in [-0.2, 0) is 23.8 Å². The lowest BCUT2D eigenvalue weighted by molar-refractivity contribution is -0.137. The molecule has 4 rings (SSSR count). The van der Waals surface area contributed by atoms with E-state index in [1.165, 1.54) is 0 Å².